The first-order chi connectivity index (χ1) is 14.0. The summed E-state index contributed by atoms with van der Waals surface area (Å²) in [6.07, 6.45) is 5.27. The van der Waals surface area contributed by atoms with Crippen molar-refractivity contribution >= 4 is 28.9 Å². The van der Waals surface area contributed by atoms with Crippen molar-refractivity contribution in [3.63, 3.8) is 0 Å². The molecule has 0 radical (unpaired) electrons. The Labute approximate surface area is 181 Å². The predicted molar refractivity (Wildman–Crippen MR) is 118 cm³/mol. The van der Waals surface area contributed by atoms with E-state index in [0.717, 1.165) is 26.2 Å². The van der Waals surface area contributed by atoms with Crippen molar-refractivity contribution in [3.05, 3.63) is 82.9 Å². The van der Waals surface area contributed by atoms with E-state index in [2.05, 4.69) is 39.0 Å². The summed E-state index contributed by atoms with van der Waals surface area (Å²) >= 11 is 12.6. The van der Waals surface area contributed by atoms with Gasteiger partial charge in [-0.15, -0.1) is 0 Å². The second-order valence-electron chi connectivity index (χ2n) is 7.49. The number of piperazine rings is 1. The van der Waals surface area contributed by atoms with Gasteiger partial charge in [-0.25, -0.2) is 4.98 Å². The zero-order valence-electron chi connectivity index (χ0n) is 16.1. The van der Waals surface area contributed by atoms with Crippen molar-refractivity contribution in [2.45, 2.75) is 12.1 Å². The van der Waals surface area contributed by atoms with E-state index in [1.807, 2.05) is 22.9 Å². The summed E-state index contributed by atoms with van der Waals surface area (Å²) in [4.78, 5) is 8.77. The molecule has 1 aromatic heterocycles. The van der Waals surface area contributed by atoms with Gasteiger partial charge in [0.05, 0.1) is 12.9 Å². The van der Waals surface area contributed by atoms with Crippen LogP contribution in [0.4, 0.5) is 5.69 Å². The number of aliphatic hydroxyl groups is 1. The van der Waals surface area contributed by atoms with E-state index in [1.165, 1.54) is 5.69 Å². The van der Waals surface area contributed by atoms with Crippen molar-refractivity contribution in [1.82, 2.24) is 14.5 Å². The van der Waals surface area contributed by atoms with Crippen LogP contribution in [0.1, 0.15) is 5.56 Å². The number of nitrogens with zero attached hydrogens (tertiary/aromatic N) is 4. The molecule has 0 saturated carbocycles. The molecule has 2 aromatic carbocycles. The lowest BCUT2D eigenvalue weighted by atomic mass is 9.92. The third-order valence-electron chi connectivity index (χ3n) is 5.41. The van der Waals surface area contributed by atoms with Gasteiger partial charge >= 0.3 is 0 Å². The van der Waals surface area contributed by atoms with Crippen molar-refractivity contribution in [1.29, 1.82) is 0 Å². The first-order valence-electron chi connectivity index (χ1n) is 9.69. The summed E-state index contributed by atoms with van der Waals surface area (Å²) in [5, 5.41) is 12.8. The van der Waals surface area contributed by atoms with Crippen LogP contribution in [0.2, 0.25) is 10.0 Å². The summed E-state index contributed by atoms with van der Waals surface area (Å²) in [5.41, 5.74) is 0.765. The number of hydrogen-bond acceptors (Lipinski definition) is 4. The fourth-order valence-corrected chi connectivity index (χ4v) is 4.53. The highest BCUT2D eigenvalue weighted by Gasteiger charge is 2.35. The van der Waals surface area contributed by atoms with Crippen molar-refractivity contribution in [2.24, 2.45) is 0 Å². The molecule has 4 rings (SSSR count). The number of halogens is 2. The maximum Gasteiger partial charge on any atom is 0.121 e. The molecule has 0 bridgehead atoms. The fourth-order valence-electron chi connectivity index (χ4n) is 3.94. The highest BCUT2D eigenvalue weighted by molar-refractivity contribution is 6.35. The van der Waals surface area contributed by atoms with E-state index in [4.69, 9.17) is 23.2 Å². The third kappa shape index (κ3) is 4.75. The number of β-amino-alcohol motifs (C(OH)–C–C–N with tert-alkyl or cyclic N) is 1. The second kappa shape index (κ2) is 8.76. The Morgan fingerprint density at radius 2 is 1.72 bits per heavy atom. The monoisotopic (exact) mass is 430 g/mol. The minimum atomic E-state index is -1.16. The fraction of sp³-hybridized carbons (Fsp3) is 0.318. The lowest BCUT2D eigenvalue weighted by Gasteiger charge is -2.40. The number of rotatable bonds is 6. The van der Waals surface area contributed by atoms with Crippen LogP contribution in [0.15, 0.2) is 67.3 Å². The lowest BCUT2D eigenvalue weighted by Crippen LogP contribution is -2.52. The predicted octanol–water partition coefficient (Wildman–Crippen LogP) is 3.90. The van der Waals surface area contributed by atoms with Gasteiger partial charge in [0.25, 0.3) is 0 Å². The minimum absolute atomic E-state index is 0.368. The quantitative estimate of drug-likeness (QED) is 0.643. The van der Waals surface area contributed by atoms with Crippen LogP contribution in [-0.4, -0.2) is 52.3 Å². The molecule has 0 amide bonds. The molecule has 7 heteroatoms. The van der Waals surface area contributed by atoms with Crippen LogP contribution in [0.3, 0.4) is 0 Å². The van der Waals surface area contributed by atoms with E-state index in [9.17, 15) is 5.11 Å². The van der Waals surface area contributed by atoms with Gasteiger partial charge in [0, 0.05) is 66.4 Å². The minimum Gasteiger partial charge on any atom is -0.382 e. The molecule has 152 valence electrons. The molecule has 5 nitrogen and oxygen atoms in total. The van der Waals surface area contributed by atoms with Crippen molar-refractivity contribution in [2.75, 3.05) is 37.6 Å². The number of hydrogen-bond donors (Lipinski definition) is 1. The zero-order valence-corrected chi connectivity index (χ0v) is 17.6. The van der Waals surface area contributed by atoms with Crippen LogP contribution in [-0.2, 0) is 12.1 Å². The van der Waals surface area contributed by atoms with Gasteiger partial charge < -0.3 is 14.6 Å². The van der Waals surface area contributed by atoms with Crippen LogP contribution < -0.4 is 4.90 Å². The number of benzene rings is 2. The zero-order chi connectivity index (χ0) is 20.3. The summed E-state index contributed by atoms with van der Waals surface area (Å²) in [7, 11) is 0. The van der Waals surface area contributed by atoms with Crippen LogP contribution in [0, 0.1) is 0 Å². The number of anilines is 1. The van der Waals surface area contributed by atoms with E-state index < -0.39 is 5.60 Å². The third-order valence-corrected chi connectivity index (χ3v) is 5.96. The normalized spacial score (nSPS) is 17.3. The average molecular weight is 431 g/mol. The number of aromatic nitrogens is 2. The highest BCUT2D eigenvalue weighted by atomic mass is 35.5. The SMILES string of the molecule is OC(CN1CCN(c2ccccc2)CC1)(Cn1ccnc1)c1ccc(Cl)cc1Cl. The maximum absolute atomic E-state index is 11.7. The van der Waals surface area contributed by atoms with Crippen LogP contribution in [0.25, 0.3) is 0 Å². The summed E-state index contributed by atoms with van der Waals surface area (Å²) in [5.74, 6) is 0. The summed E-state index contributed by atoms with van der Waals surface area (Å²) < 4.78 is 1.88. The van der Waals surface area contributed by atoms with Crippen molar-refractivity contribution < 1.29 is 5.11 Å². The Hall–Kier alpha value is -2.05. The lowest BCUT2D eigenvalue weighted by molar-refractivity contribution is -0.0172. The molecular weight excluding hydrogens is 407 g/mol. The van der Waals surface area contributed by atoms with E-state index in [-0.39, 0.29) is 0 Å². The van der Waals surface area contributed by atoms with Gasteiger partial charge in [0.1, 0.15) is 5.60 Å². The first kappa shape index (κ1) is 20.2. The smallest absolute Gasteiger partial charge is 0.121 e. The molecule has 1 atom stereocenters. The van der Waals surface area contributed by atoms with Crippen LogP contribution in [0.5, 0.6) is 0 Å². The number of imidazole rings is 1. The van der Waals surface area contributed by atoms with E-state index in [1.54, 1.807) is 24.7 Å². The van der Waals surface area contributed by atoms with Gasteiger partial charge in [0.2, 0.25) is 0 Å². The van der Waals surface area contributed by atoms with Gasteiger partial charge in [-0.05, 0) is 24.3 Å². The summed E-state index contributed by atoms with van der Waals surface area (Å²) in [6.45, 7) is 4.42. The molecule has 1 aliphatic rings. The van der Waals surface area contributed by atoms with Gasteiger partial charge in [-0.1, -0.05) is 47.5 Å². The maximum atomic E-state index is 11.7. The van der Waals surface area contributed by atoms with Gasteiger partial charge in [-0.3, -0.25) is 4.90 Å². The summed E-state index contributed by atoms with van der Waals surface area (Å²) in [6, 6.07) is 15.7. The second-order valence-corrected chi connectivity index (χ2v) is 8.33. The number of para-hydroxylation sites is 1. The van der Waals surface area contributed by atoms with Crippen LogP contribution >= 0.6 is 23.2 Å². The Balaban J connectivity index is 1.51. The molecule has 1 saturated heterocycles. The molecule has 0 spiro atoms. The molecule has 2 heterocycles. The Morgan fingerprint density at radius 1 is 0.966 bits per heavy atom. The van der Waals surface area contributed by atoms with E-state index in [0.29, 0.717) is 28.7 Å². The topological polar surface area (TPSA) is 44.5 Å². The van der Waals surface area contributed by atoms with Gasteiger partial charge in [0.15, 0.2) is 0 Å². The van der Waals surface area contributed by atoms with Gasteiger partial charge in [-0.2, -0.15) is 0 Å². The average Bonchev–Trinajstić information content (AvgIpc) is 3.21. The Morgan fingerprint density at radius 3 is 2.38 bits per heavy atom. The standard InChI is InChI=1S/C22H24Cl2N4O/c23-18-6-7-20(21(24)14-18)22(29,16-27-9-8-25-17-27)15-26-10-12-28(13-11-26)19-4-2-1-3-5-19/h1-9,14,17,29H,10-13,15-16H2. The Kier molecular flexibility index (Phi) is 6.11. The first-order valence-corrected chi connectivity index (χ1v) is 10.5. The molecule has 1 N–H and O–H groups in total. The highest BCUT2D eigenvalue weighted by Crippen LogP contribution is 2.33. The molecule has 29 heavy (non-hydrogen) atoms. The molecule has 0 aliphatic carbocycles. The van der Waals surface area contributed by atoms with E-state index >= 15 is 0 Å². The molecule has 1 unspecified atom stereocenters. The largest absolute Gasteiger partial charge is 0.382 e. The molecule has 1 fully saturated rings. The van der Waals surface area contributed by atoms with Crippen molar-refractivity contribution in [3.8, 4) is 0 Å². The molecular formula is C22H24Cl2N4O. The molecule has 3 aromatic rings. The Bertz CT molecular complexity index is 927. The molecule has 1 aliphatic heterocycles.